The third-order valence-electron chi connectivity index (χ3n) is 2.34. The minimum absolute atomic E-state index is 0.0233. The smallest absolute Gasteiger partial charge is 0.352 e. The molecular formula is C11H18N4O3. The van der Waals surface area contributed by atoms with Gasteiger partial charge >= 0.3 is 5.69 Å². The van der Waals surface area contributed by atoms with E-state index in [1.165, 1.54) is 6.92 Å². The van der Waals surface area contributed by atoms with E-state index in [0.717, 1.165) is 6.42 Å². The summed E-state index contributed by atoms with van der Waals surface area (Å²) in [6.45, 7) is 7.45. The molecule has 0 aromatic carbocycles. The Morgan fingerprint density at radius 3 is 2.50 bits per heavy atom. The van der Waals surface area contributed by atoms with Crippen LogP contribution in [0.5, 0.6) is 5.88 Å². The molecule has 100 valence electrons. The number of nitrogen functional groups attached to an aromatic ring is 1. The molecule has 1 rings (SSSR count). The molecule has 2 N–H and O–H groups in total. The summed E-state index contributed by atoms with van der Waals surface area (Å²) in [6, 6.07) is 0. The number of hydrogen-bond donors (Lipinski definition) is 1. The van der Waals surface area contributed by atoms with Crippen LogP contribution in [0.4, 0.5) is 11.6 Å². The Morgan fingerprint density at radius 1 is 1.39 bits per heavy atom. The number of nitrogens with zero attached hydrogens (tertiary/aromatic N) is 3. The number of hydrogen-bond acceptors (Lipinski definition) is 6. The fourth-order valence-electron chi connectivity index (χ4n) is 1.76. The predicted molar refractivity (Wildman–Crippen MR) is 67.4 cm³/mol. The summed E-state index contributed by atoms with van der Waals surface area (Å²) in [5, 5.41) is 11.0. The molecule has 7 nitrogen and oxygen atoms in total. The molecule has 1 unspecified atom stereocenters. The summed E-state index contributed by atoms with van der Waals surface area (Å²) in [7, 11) is 0. The van der Waals surface area contributed by atoms with Gasteiger partial charge in [-0.2, -0.15) is 4.98 Å². The SMILES string of the molecule is Cc1nc(N)nc(OC(C)CC(C)C)c1[N+](=O)[O-]. The molecule has 0 aliphatic heterocycles. The third-order valence-corrected chi connectivity index (χ3v) is 2.34. The molecule has 0 saturated carbocycles. The minimum Gasteiger partial charge on any atom is -0.470 e. The Hall–Kier alpha value is -1.92. The maximum absolute atomic E-state index is 11.0. The Bertz CT molecular complexity index is 448. The normalized spacial score (nSPS) is 12.5. The number of nitrogens with two attached hydrogens (primary N) is 1. The second-order valence-electron chi connectivity index (χ2n) is 4.64. The molecule has 0 bridgehead atoms. The number of aryl methyl sites for hydroxylation is 1. The van der Waals surface area contributed by atoms with Crippen molar-refractivity contribution < 1.29 is 9.66 Å². The zero-order valence-electron chi connectivity index (χ0n) is 11.0. The number of ether oxygens (including phenoxy) is 1. The van der Waals surface area contributed by atoms with Crippen LogP contribution in [0.2, 0.25) is 0 Å². The van der Waals surface area contributed by atoms with Gasteiger partial charge < -0.3 is 10.5 Å². The van der Waals surface area contributed by atoms with Gasteiger partial charge in [-0.25, -0.2) is 4.98 Å². The summed E-state index contributed by atoms with van der Waals surface area (Å²) in [6.07, 6.45) is 0.609. The lowest BCUT2D eigenvalue weighted by atomic mass is 10.1. The van der Waals surface area contributed by atoms with Crippen molar-refractivity contribution in [2.45, 2.75) is 40.2 Å². The van der Waals surface area contributed by atoms with Gasteiger partial charge in [0.2, 0.25) is 5.95 Å². The van der Waals surface area contributed by atoms with E-state index in [1.54, 1.807) is 0 Å². The maximum atomic E-state index is 11.0. The van der Waals surface area contributed by atoms with E-state index in [9.17, 15) is 10.1 Å². The van der Waals surface area contributed by atoms with Crippen LogP contribution in [0.15, 0.2) is 0 Å². The first kappa shape index (κ1) is 14.1. The molecule has 0 amide bonds. The molecule has 0 aliphatic carbocycles. The largest absolute Gasteiger partial charge is 0.470 e. The second kappa shape index (κ2) is 5.61. The van der Waals surface area contributed by atoms with Crippen molar-refractivity contribution in [2.75, 3.05) is 5.73 Å². The highest BCUT2D eigenvalue weighted by molar-refractivity contribution is 5.47. The van der Waals surface area contributed by atoms with Crippen LogP contribution in [0, 0.1) is 23.0 Å². The van der Waals surface area contributed by atoms with Crippen LogP contribution >= 0.6 is 0 Å². The van der Waals surface area contributed by atoms with Gasteiger partial charge in [0.1, 0.15) is 5.69 Å². The van der Waals surface area contributed by atoms with Crippen LogP contribution < -0.4 is 10.5 Å². The molecule has 1 heterocycles. The second-order valence-corrected chi connectivity index (χ2v) is 4.64. The van der Waals surface area contributed by atoms with E-state index in [-0.39, 0.29) is 29.3 Å². The van der Waals surface area contributed by atoms with Gasteiger partial charge in [0.15, 0.2) is 0 Å². The first-order valence-corrected chi connectivity index (χ1v) is 5.76. The van der Waals surface area contributed by atoms with E-state index >= 15 is 0 Å². The molecule has 0 saturated heterocycles. The molecule has 0 fully saturated rings. The van der Waals surface area contributed by atoms with Gasteiger partial charge in [-0.05, 0) is 26.2 Å². The molecule has 0 radical (unpaired) electrons. The monoisotopic (exact) mass is 254 g/mol. The summed E-state index contributed by atoms with van der Waals surface area (Å²) in [5.41, 5.74) is 5.47. The van der Waals surface area contributed by atoms with E-state index in [2.05, 4.69) is 9.97 Å². The Balaban J connectivity index is 3.03. The Morgan fingerprint density at radius 2 is 2.00 bits per heavy atom. The van der Waals surface area contributed by atoms with Gasteiger partial charge in [-0.3, -0.25) is 10.1 Å². The van der Waals surface area contributed by atoms with Crippen molar-refractivity contribution in [3.8, 4) is 5.88 Å². The van der Waals surface area contributed by atoms with Gasteiger partial charge in [0.05, 0.1) is 11.0 Å². The number of aromatic nitrogens is 2. The highest BCUT2D eigenvalue weighted by Gasteiger charge is 2.24. The van der Waals surface area contributed by atoms with E-state index in [4.69, 9.17) is 10.5 Å². The van der Waals surface area contributed by atoms with Crippen molar-refractivity contribution in [1.29, 1.82) is 0 Å². The fourth-order valence-corrected chi connectivity index (χ4v) is 1.76. The topological polar surface area (TPSA) is 104 Å². The van der Waals surface area contributed by atoms with Gasteiger partial charge in [0.25, 0.3) is 5.88 Å². The Kier molecular flexibility index (Phi) is 4.41. The standard InChI is InChI=1S/C11H18N4O3/c1-6(2)5-7(3)18-10-9(15(16)17)8(4)13-11(12)14-10/h6-7H,5H2,1-4H3,(H2,12,13,14). The highest BCUT2D eigenvalue weighted by Crippen LogP contribution is 2.29. The van der Waals surface area contributed by atoms with E-state index < -0.39 is 4.92 Å². The highest BCUT2D eigenvalue weighted by atomic mass is 16.6. The predicted octanol–water partition coefficient (Wildman–Crippen LogP) is 2.09. The van der Waals surface area contributed by atoms with Crippen molar-refractivity contribution in [1.82, 2.24) is 9.97 Å². The molecule has 1 aromatic rings. The zero-order valence-corrected chi connectivity index (χ0v) is 11.0. The van der Waals surface area contributed by atoms with Gasteiger partial charge in [0, 0.05) is 0 Å². The summed E-state index contributed by atoms with van der Waals surface area (Å²) >= 11 is 0. The van der Waals surface area contributed by atoms with Crippen LogP contribution in [0.3, 0.4) is 0 Å². The van der Waals surface area contributed by atoms with Crippen LogP contribution in [-0.2, 0) is 0 Å². The summed E-state index contributed by atoms with van der Waals surface area (Å²) < 4.78 is 5.51. The van der Waals surface area contributed by atoms with Crippen molar-refractivity contribution in [2.24, 2.45) is 5.92 Å². The number of anilines is 1. The van der Waals surface area contributed by atoms with Gasteiger partial charge in [-0.1, -0.05) is 13.8 Å². The lowest BCUT2D eigenvalue weighted by Crippen LogP contribution is -2.17. The minimum atomic E-state index is -0.549. The van der Waals surface area contributed by atoms with Crippen molar-refractivity contribution in [3.63, 3.8) is 0 Å². The molecule has 18 heavy (non-hydrogen) atoms. The quantitative estimate of drug-likeness (QED) is 0.637. The average Bonchev–Trinajstić information content (AvgIpc) is 2.12. The summed E-state index contributed by atoms with van der Waals surface area (Å²) in [4.78, 5) is 18.0. The van der Waals surface area contributed by atoms with Gasteiger partial charge in [-0.15, -0.1) is 0 Å². The number of nitro groups is 1. The molecule has 7 heteroatoms. The Labute approximate surface area is 106 Å². The lowest BCUT2D eigenvalue weighted by Gasteiger charge is -2.16. The molecule has 0 spiro atoms. The van der Waals surface area contributed by atoms with Crippen LogP contribution in [0.1, 0.15) is 32.9 Å². The fraction of sp³-hybridized carbons (Fsp3) is 0.636. The van der Waals surface area contributed by atoms with Crippen LogP contribution in [-0.4, -0.2) is 21.0 Å². The van der Waals surface area contributed by atoms with Crippen LogP contribution in [0.25, 0.3) is 0 Å². The zero-order chi connectivity index (χ0) is 13.9. The summed E-state index contributed by atoms with van der Waals surface area (Å²) in [5.74, 6) is 0.349. The lowest BCUT2D eigenvalue weighted by molar-refractivity contribution is -0.387. The van der Waals surface area contributed by atoms with E-state index in [1.807, 2.05) is 20.8 Å². The first-order chi connectivity index (χ1) is 8.31. The van der Waals surface area contributed by atoms with E-state index in [0.29, 0.717) is 5.92 Å². The van der Waals surface area contributed by atoms with Crippen molar-refractivity contribution >= 4 is 11.6 Å². The van der Waals surface area contributed by atoms with Crippen molar-refractivity contribution in [3.05, 3.63) is 15.8 Å². The first-order valence-electron chi connectivity index (χ1n) is 5.76. The molecule has 1 aromatic heterocycles. The average molecular weight is 254 g/mol. The molecule has 0 aliphatic rings. The third kappa shape index (κ3) is 3.54. The maximum Gasteiger partial charge on any atom is 0.352 e. The molecular weight excluding hydrogens is 236 g/mol. The number of rotatable bonds is 5. The molecule has 1 atom stereocenters.